The molecule has 0 unspecified atom stereocenters. The van der Waals surface area contributed by atoms with Crippen molar-refractivity contribution in [2.24, 2.45) is 0 Å². The van der Waals surface area contributed by atoms with Crippen LogP contribution in [0.1, 0.15) is 5.56 Å². The Hall–Kier alpha value is -2.62. The first-order valence-corrected chi connectivity index (χ1v) is 8.58. The van der Waals surface area contributed by atoms with Crippen LogP contribution in [-0.2, 0) is 4.43 Å². The lowest BCUT2D eigenvalue weighted by atomic mass is 10.1. The van der Waals surface area contributed by atoms with Crippen LogP contribution in [0, 0.1) is 0 Å². The lowest BCUT2D eigenvalue weighted by Gasteiger charge is -2.13. The van der Waals surface area contributed by atoms with Crippen LogP contribution in [0.3, 0.4) is 0 Å². The molecule has 0 bridgehead atoms. The molecule has 1 aromatic heterocycles. The summed E-state index contributed by atoms with van der Waals surface area (Å²) in [5.74, 6) is -1.61. The minimum absolute atomic E-state index is 0.0104. The first kappa shape index (κ1) is 17.2. The highest BCUT2D eigenvalue weighted by molar-refractivity contribution is 14.1. The number of halogens is 1. The van der Waals surface area contributed by atoms with Crippen molar-refractivity contribution in [1.29, 1.82) is 0 Å². The molecule has 0 aliphatic carbocycles. The molecular weight excluding hydrogens is 443 g/mol. The van der Waals surface area contributed by atoms with Gasteiger partial charge in [0.1, 0.15) is 22.5 Å². The van der Waals surface area contributed by atoms with E-state index in [0.29, 0.717) is 9.99 Å². The number of rotatable bonds is 3. The molecule has 130 valence electrons. The van der Waals surface area contributed by atoms with Crippen molar-refractivity contribution in [2.45, 2.75) is 4.43 Å². The van der Waals surface area contributed by atoms with Crippen LogP contribution in [0.4, 0.5) is 0 Å². The lowest BCUT2D eigenvalue weighted by Crippen LogP contribution is -2.06. The highest BCUT2D eigenvalue weighted by Crippen LogP contribution is 2.40. The third kappa shape index (κ3) is 2.72. The Bertz CT molecular complexity index is 1040. The quantitative estimate of drug-likeness (QED) is 0.271. The highest BCUT2D eigenvalue weighted by Gasteiger charge is 2.22. The number of alkyl halides is 1. The first-order chi connectivity index (χ1) is 11.9. The molecule has 2 aromatic carbocycles. The maximum absolute atomic E-state index is 12.6. The normalized spacial score (nSPS) is 11.0. The smallest absolute Gasteiger partial charge is 0.238 e. The van der Waals surface area contributed by atoms with Crippen LogP contribution in [0.5, 0.6) is 28.7 Å². The SMILES string of the molecule is COc1c(CI)c(O)cc2oc(-c3ccc(O)c(O)c3)c(O)c(=O)c12. The fourth-order valence-corrected chi connectivity index (χ4v) is 3.29. The number of hydrogen-bond acceptors (Lipinski definition) is 7. The molecule has 0 saturated carbocycles. The number of aromatic hydroxyl groups is 4. The summed E-state index contributed by atoms with van der Waals surface area (Å²) in [6, 6.07) is 4.99. The van der Waals surface area contributed by atoms with Crippen LogP contribution in [0.25, 0.3) is 22.3 Å². The van der Waals surface area contributed by atoms with Gasteiger partial charge in [-0.1, -0.05) is 22.6 Å². The molecule has 0 amide bonds. The maximum Gasteiger partial charge on any atom is 0.238 e. The summed E-state index contributed by atoms with van der Waals surface area (Å²) in [6.45, 7) is 0. The molecule has 0 fully saturated rings. The van der Waals surface area contributed by atoms with Gasteiger partial charge in [0.15, 0.2) is 17.3 Å². The third-order valence-corrected chi connectivity index (χ3v) is 4.53. The van der Waals surface area contributed by atoms with Gasteiger partial charge in [-0.2, -0.15) is 0 Å². The zero-order valence-corrected chi connectivity index (χ0v) is 15.1. The van der Waals surface area contributed by atoms with Crippen molar-refractivity contribution in [3.8, 4) is 40.1 Å². The summed E-state index contributed by atoms with van der Waals surface area (Å²) in [6.07, 6.45) is 0. The third-order valence-electron chi connectivity index (χ3n) is 3.77. The molecule has 7 nitrogen and oxygen atoms in total. The summed E-state index contributed by atoms with van der Waals surface area (Å²) < 4.78 is 11.2. The Morgan fingerprint density at radius 3 is 2.40 bits per heavy atom. The van der Waals surface area contributed by atoms with Crippen molar-refractivity contribution in [2.75, 3.05) is 7.11 Å². The molecule has 3 aromatic rings. The first-order valence-electron chi connectivity index (χ1n) is 7.06. The molecule has 1 heterocycles. The highest BCUT2D eigenvalue weighted by atomic mass is 127. The Labute approximate surface area is 154 Å². The van der Waals surface area contributed by atoms with E-state index in [1.807, 2.05) is 22.6 Å². The van der Waals surface area contributed by atoms with Gasteiger partial charge in [-0.3, -0.25) is 4.79 Å². The van der Waals surface area contributed by atoms with Gasteiger partial charge in [-0.25, -0.2) is 0 Å². The van der Waals surface area contributed by atoms with Gasteiger partial charge in [-0.15, -0.1) is 0 Å². The molecule has 0 aliphatic rings. The molecule has 4 N–H and O–H groups in total. The van der Waals surface area contributed by atoms with Gasteiger partial charge in [0.2, 0.25) is 11.2 Å². The van der Waals surface area contributed by atoms with E-state index in [2.05, 4.69) is 0 Å². The topological polar surface area (TPSA) is 120 Å². The second kappa shape index (κ2) is 6.36. The summed E-state index contributed by atoms with van der Waals surface area (Å²) in [7, 11) is 1.35. The summed E-state index contributed by atoms with van der Waals surface area (Å²) in [5.41, 5.74) is -0.111. The number of phenolic OH excluding ortho intramolecular Hbond substituents is 3. The van der Waals surface area contributed by atoms with Crippen LogP contribution < -0.4 is 10.2 Å². The van der Waals surface area contributed by atoms with Crippen LogP contribution in [0.2, 0.25) is 0 Å². The van der Waals surface area contributed by atoms with E-state index in [9.17, 15) is 25.2 Å². The van der Waals surface area contributed by atoms with Gasteiger partial charge < -0.3 is 29.6 Å². The number of benzene rings is 2. The Morgan fingerprint density at radius 1 is 1.08 bits per heavy atom. The summed E-state index contributed by atoms with van der Waals surface area (Å²) in [5, 5.41) is 39.5. The van der Waals surface area contributed by atoms with Gasteiger partial charge in [0.05, 0.1) is 7.11 Å². The van der Waals surface area contributed by atoms with E-state index >= 15 is 0 Å². The van der Waals surface area contributed by atoms with Gasteiger partial charge >= 0.3 is 0 Å². The fraction of sp³-hybridized carbons (Fsp3) is 0.118. The van der Waals surface area contributed by atoms with Crippen molar-refractivity contribution in [1.82, 2.24) is 0 Å². The van der Waals surface area contributed by atoms with Gasteiger partial charge in [-0.05, 0) is 18.2 Å². The van der Waals surface area contributed by atoms with E-state index in [0.717, 1.165) is 6.07 Å². The molecule has 0 atom stereocenters. The Kier molecular flexibility index (Phi) is 4.38. The lowest BCUT2D eigenvalue weighted by molar-refractivity contribution is 0.402. The maximum atomic E-state index is 12.6. The zero-order chi connectivity index (χ0) is 18.3. The second-order valence-electron chi connectivity index (χ2n) is 5.23. The largest absolute Gasteiger partial charge is 0.507 e. The predicted molar refractivity (Wildman–Crippen MR) is 98.9 cm³/mol. The van der Waals surface area contributed by atoms with Gasteiger partial charge in [0.25, 0.3) is 0 Å². The predicted octanol–water partition coefficient (Wildman–Crippen LogP) is 3.23. The minimum atomic E-state index is -0.730. The fourth-order valence-electron chi connectivity index (χ4n) is 2.55. The second-order valence-corrected chi connectivity index (χ2v) is 5.99. The van der Waals surface area contributed by atoms with Crippen molar-refractivity contribution in [3.63, 3.8) is 0 Å². The molecule has 8 heteroatoms. The minimum Gasteiger partial charge on any atom is -0.507 e. The Balaban J connectivity index is 2.40. The molecule has 0 spiro atoms. The van der Waals surface area contributed by atoms with E-state index < -0.39 is 16.9 Å². The standard InChI is InChI=1S/C17H13IO7/c1-24-17-8(6-18)10(20)5-12-13(17)14(22)15(23)16(25-12)7-2-3-9(19)11(21)4-7/h2-5,19-21,23H,6H2,1H3. The van der Waals surface area contributed by atoms with Crippen LogP contribution in [-0.4, -0.2) is 27.5 Å². The molecular formula is C17H13IO7. The van der Waals surface area contributed by atoms with Crippen LogP contribution in [0.15, 0.2) is 33.5 Å². The van der Waals surface area contributed by atoms with E-state index in [1.165, 1.54) is 25.3 Å². The van der Waals surface area contributed by atoms with E-state index in [-0.39, 0.29) is 39.5 Å². The average molecular weight is 456 g/mol. The van der Waals surface area contributed by atoms with Crippen molar-refractivity contribution >= 4 is 33.6 Å². The molecule has 0 radical (unpaired) electrons. The van der Waals surface area contributed by atoms with Crippen LogP contribution >= 0.6 is 22.6 Å². The van der Waals surface area contributed by atoms with Gasteiger partial charge in [0, 0.05) is 21.6 Å². The number of hydrogen-bond donors (Lipinski definition) is 4. The van der Waals surface area contributed by atoms with Crippen molar-refractivity contribution in [3.05, 3.63) is 40.1 Å². The summed E-state index contributed by atoms with van der Waals surface area (Å²) in [4.78, 5) is 12.6. The molecule has 0 aliphatic heterocycles. The Morgan fingerprint density at radius 2 is 1.80 bits per heavy atom. The van der Waals surface area contributed by atoms with Crippen molar-refractivity contribution < 1.29 is 29.6 Å². The number of ether oxygens (including phenoxy) is 1. The molecule has 3 rings (SSSR count). The molecule has 25 heavy (non-hydrogen) atoms. The summed E-state index contributed by atoms with van der Waals surface area (Å²) >= 11 is 2.02. The van der Waals surface area contributed by atoms with E-state index in [4.69, 9.17) is 9.15 Å². The number of methoxy groups -OCH3 is 1. The van der Waals surface area contributed by atoms with E-state index in [1.54, 1.807) is 0 Å². The monoisotopic (exact) mass is 456 g/mol. The number of phenols is 3. The number of fused-ring (bicyclic) bond motifs is 1. The average Bonchev–Trinajstić information content (AvgIpc) is 2.59. The zero-order valence-electron chi connectivity index (χ0n) is 12.9. The molecule has 0 saturated heterocycles.